The Morgan fingerprint density at radius 2 is 1.76 bits per heavy atom. The van der Waals surface area contributed by atoms with Crippen LogP contribution in [-0.4, -0.2) is 19.0 Å². The Morgan fingerprint density at radius 1 is 1.05 bits per heavy atom. The molecule has 0 aromatic heterocycles. The number of para-hydroxylation sites is 1. The largest absolute Gasteiger partial charge is 0.457 e. The third-order valence-electron chi connectivity index (χ3n) is 3.53. The summed E-state index contributed by atoms with van der Waals surface area (Å²) in [5, 5.41) is 6.14. The van der Waals surface area contributed by atoms with Gasteiger partial charge in [0.05, 0.1) is 5.92 Å². The summed E-state index contributed by atoms with van der Waals surface area (Å²) in [6.07, 6.45) is 0.904. The van der Waals surface area contributed by atoms with E-state index in [1.165, 1.54) is 0 Å². The van der Waals surface area contributed by atoms with Crippen molar-refractivity contribution in [2.24, 2.45) is 5.92 Å². The molecule has 4 nitrogen and oxygen atoms in total. The van der Waals surface area contributed by atoms with Gasteiger partial charge in [-0.3, -0.25) is 4.79 Å². The van der Waals surface area contributed by atoms with Gasteiger partial charge in [0.25, 0.3) is 0 Å². The molecule has 1 saturated heterocycles. The van der Waals surface area contributed by atoms with Crippen LogP contribution in [0.5, 0.6) is 11.5 Å². The number of ether oxygens (including phenoxy) is 1. The number of carbonyl (C=O) groups is 1. The van der Waals surface area contributed by atoms with Crippen molar-refractivity contribution >= 4 is 11.6 Å². The number of carbonyl (C=O) groups excluding carboxylic acids is 1. The highest BCUT2D eigenvalue weighted by atomic mass is 16.5. The molecule has 0 spiro atoms. The van der Waals surface area contributed by atoms with Crippen molar-refractivity contribution in [3.8, 4) is 11.5 Å². The smallest absolute Gasteiger partial charge is 0.228 e. The Hall–Kier alpha value is -2.33. The third-order valence-corrected chi connectivity index (χ3v) is 3.53. The first kappa shape index (κ1) is 13.6. The van der Waals surface area contributed by atoms with Gasteiger partial charge in [0.15, 0.2) is 0 Å². The SMILES string of the molecule is O=C(Nc1ccc(Oc2ccccc2)cc1)C1CCNC1. The van der Waals surface area contributed by atoms with Crippen molar-refractivity contribution in [2.75, 3.05) is 18.4 Å². The Labute approximate surface area is 124 Å². The summed E-state index contributed by atoms with van der Waals surface area (Å²) in [5.41, 5.74) is 0.798. The molecule has 2 aromatic rings. The molecule has 3 rings (SSSR count). The molecule has 0 saturated carbocycles. The van der Waals surface area contributed by atoms with Gasteiger partial charge < -0.3 is 15.4 Å². The molecule has 0 radical (unpaired) electrons. The lowest BCUT2D eigenvalue weighted by Gasteiger charge is -2.11. The highest BCUT2D eigenvalue weighted by Gasteiger charge is 2.22. The zero-order chi connectivity index (χ0) is 14.5. The molecule has 4 heteroatoms. The normalized spacial score (nSPS) is 17.4. The fourth-order valence-corrected chi connectivity index (χ4v) is 2.35. The van der Waals surface area contributed by atoms with Crippen LogP contribution in [0.15, 0.2) is 54.6 Å². The third kappa shape index (κ3) is 3.61. The fraction of sp³-hybridized carbons (Fsp3) is 0.235. The molecular weight excluding hydrogens is 264 g/mol. The Morgan fingerprint density at radius 3 is 2.43 bits per heavy atom. The Kier molecular flexibility index (Phi) is 4.17. The van der Waals surface area contributed by atoms with Gasteiger partial charge in [-0.2, -0.15) is 0 Å². The van der Waals surface area contributed by atoms with Gasteiger partial charge in [-0.15, -0.1) is 0 Å². The van der Waals surface area contributed by atoms with Crippen LogP contribution in [0.1, 0.15) is 6.42 Å². The number of amides is 1. The molecule has 2 aromatic carbocycles. The van der Waals surface area contributed by atoms with Crippen LogP contribution in [0.3, 0.4) is 0 Å². The number of benzene rings is 2. The summed E-state index contributed by atoms with van der Waals surface area (Å²) in [4.78, 5) is 12.0. The minimum absolute atomic E-state index is 0.0743. The highest BCUT2D eigenvalue weighted by molar-refractivity contribution is 5.92. The van der Waals surface area contributed by atoms with Crippen LogP contribution in [0, 0.1) is 5.92 Å². The van der Waals surface area contributed by atoms with Gasteiger partial charge in [0, 0.05) is 12.2 Å². The summed E-state index contributed by atoms with van der Waals surface area (Å²) in [5.74, 6) is 1.70. The topological polar surface area (TPSA) is 50.4 Å². The van der Waals surface area contributed by atoms with E-state index in [4.69, 9.17) is 4.74 Å². The molecule has 1 aliphatic heterocycles. The number of nitrogens with one attached hydrogen (secondary N) is 2. The number of rotatable bonds is 4. The van der Waals surface area contributed by atoms with Crippen molar-refractivity contribution in [2.45, 2.75) is 6.42 Å². The molecule has 1 fully saturated rings. The van der Waals surface area contributed by atoms with Gasteiger partial charge >= 0.3 is 0 Å². The average Bonchev–Trinajstić information content (AvgIpc) is 3.05. The zero-order valence-electron chi connectivity index (χ0n) is 11.7. The molecule has 108 valence electrons. The lowest BCUT2D eigenvalue weighted by atomic mass is 10.1. The van der Waals surface area contributed by atoms with Crippen molar-refractivity contribution < 1.29 is 9.53 Å². The summed E-state index contributed by atoms with van der Waals surface area (Å²) < 4.78 is 5.72. The first-order valence-electron chi connectivity index (χ1n) is 7.16. The summed E-state index contributed by atoms with van der Waals surface area (Å²) in [6.45, 7) is 1.68. The quantitative estimate of drug-likeness (QED) is 0.906. The lowest BCUT2D eigenvalue weighted by Crippen LogP contribution is -2.24. The molecule has 0 bridgehead atoms. The molecule has 1 atom stereocenters. The van der Waals surface area contributed by atoms with Gasteiger partial charge in [-0.05, 0) is 49.4 Å². The lowest BCUT2D eigenvalue weighted by molar-refractivity contribution is -0.119. The molecule has 2 N–H and O–H groups in total. The Balaban J connectivity index is 1.60. The van der Waals surface area contributed by atoms with E-state index in [-0.39, 0.29) is 11.8 Å². The van der Waals surface area contributed by atoms with E-state index >= 15 is 0 Å². The zero-order valence-corrected chi connectivity index (χ0v) is 11.7. The fourth-order valence-electron chi connectivity index (χ4n) is 2.35. The minimum atomic E-state index is 0.0743. The summed E-state index contributed by atoms with van der Waals surface area (Å²) in [7, 11) is 0. The second-order valence-electron chi connectivity index (χ2n) is 5.12. The first-order valence-corrected chi connectivity index (χ1v) is 7.16. The summed E-state index contributed by atoms with van der Waals surface area (Å²) in [6, 6.07) is 17.1. The highest BCUT2D eigenvalue weighted by Crippen LogP contribution is 2.23. The molecule has 1 amide bonds. The predicted octanol–water partition coefficient (Wildman–Crippen LogP) is 3.03. The first-order chi connectivity index (χ1) is 10.3. The molecule has 1 unspecified atom stereocenters. The second-order valence-corrected chi connectivity index (χ2v) is 5.12. The van der Waals surface area contributed by atoms with Crippen LogP contribution in [0.2, 0.25) is 0 Å². The maximum atomic E-state index is 12.0. The van der Waals surface area contributed by atoms with Crippen LogP contribution in [-0.2, 0) is 4.79 Å². The van der Waals surface area contributed by atoms with Crippen LogP contribution >= 0.6 is 0 Å². The predicted molar refractivity (Wildman–Crippen MR) is 82.6 cm³/mol. The van der Waals surface area contributed by atoms with Crippen LogP contribution < -0.4 is 15.4 Å². The second kappa shape index (κ2) is 6.41. The average molecular weight is 282 g/mol. The maximum absolute atomic E-state index is 12.0. The van der Waals surface area contributed by atoms with Gasteiger partial charge in [-0.1, -0.05) is 18.2 Å². The standard InChI is InChI=1S/C17H18N2O2/c20-17(13-10-11-18-12-13)19-14-6-8-16(9-7-14)21-15-4-2-1-3-5-15/h1-9,13,18H,10-12H2,(H,19,20). The molecule has 1 aliphatic rings. The van der Waals surface area contributed by atoms with Crippen molar-refractivity contribution in [1.82, 2.24) is 5.32 Å². The van der Waals surface area contributed by atoms with E-state index in [2.05, 4.69) is 10.6 Å². The van der Waals surface area contributed by atoms with Gasteiger partial charge in [0.2, 0.25) is 5.91 Å². The maximum Gasteiger partial charge on any atom is 0.228 e. The number of hydrogen-bond acceptors (Lipinski definition) is 3. The van der Waals surface area contributed by atoms with Gasteiger partial charge in [0.1, 0.15) is 11.5 Å². The van der Waals surface area contributed by atoms with E-state index in [0.717, 1.165) is 36.7 Å². The van der Waals surface area contributed by atoms with Crippen molar-refractivity contribution in [3.05, 3.63) is 54.6 Å². The van der Waals surface area contributed by atoms with Crippen molar-refractivity contribution in [3.63, 3.8) is 0 Å². The van der Waals surface area contributed by atoms with E-state index in [1.54, 1.807) is 0 Å². The molecular formula is C17H18N2O2. The van der Waals surface area contributed by atoms with Crippen LogP contribution in [0.25, 0.3) is 0 Å². The van der Waals surface area contributed by atoms with Gasteiger partial charge in [-0.25, -0.2) is 0 Å². The number of hydrogen-bond donors (Lipinski definition) is 2. The van der Waals surface area contributed by atoms with E-state index in [1.807, 2.05) is 54.6 Å². The molecule has 21 heavy (non-hydrogen) atoms. The van der Waals surface area contributed by atoms with E-state index < -0.39 is 0 Å². The molecule has 0 aliphatic carbocycles. The van der Waals surface area contributed by atoms with Crippen molar-refractivity contribution in [1.29, 1.82) is 0 Å². The monoisotopic (exact) mass is 282 g/mol. The minimum Gasteiger partial charge on any atom is -0.457 e. The van der Waals surface area contributed by atoms with E-state index in [0.29, 0.717) is 0 Å². The van der Waals surface area contributed by atoms with E-state index in [9.17, 15) is 4.79 Å². The number of anilines is 1. The molecule has 1 heterocycles. The summed E-state index contributed by atoms with van der Waals surface area (Å²) >= 11 is 0. The van der Waals surface area contributed by atoms with Crippen LogP contribution in [0.4, 0.5) is 5.69 Å². The Bertz CT molecular complexity index is 590.